The Balaban J connectivity index is 4.91. The van der Waals surface area contributed by atoms with Crippen LogP contribution in [0.25, 0.3) is 0 Å². The van der Waals surface area contributed by atoms with Crippen molar-refractivity contribution < 1.29 is 22.7 Å². The number of amides is 1. The molecule has 0 fully saturated rings. The lowest BCUT2D eigenvalue weighted by atomic mass is 9.84. The monoisotopic (exact) mass is 305 g/mol. The summed E-state index contributed by atoms with van der Waals surface area (Å²) in [5, 5.41) is 2.57. The van der Waals surface area contributed by atoms with Gasteiger partial charge in [-0.25, -0.2) is 4.79 Å². The molecule has 0 heterocycles. The Bertz CT molecular complexity index is 435. The van der Waals surface area contributed by atoms with Crippen LogP contribution in [-0.2, 0) is 4.74 Å². The van der Waals surface area contributed by atoms with Crippen LogP contribution < -0.4 is 5.32 Å². The number of ether oxygens (including phenoxy) is 1. The highest BCUT2D eigenvalue weighted by Crippen LogP contribution is 2.28. The minimum absolute atomic E-state index is 0.261. The molecular formula is C15H22F3NO2. The molecule has 0 saturated heterocycles. The zero-order valence-corrected chi connectivity index (χ0v) is 12.8. The maximum absolute atomic E-state index is 12.6. The lowest BCUT2D eigenvalue weighted by molar-refractivity contribution is -0.0881. The van der Waals surface area contributed by atoms with Crippen LogP contribution >= 0.6 is 0 Å². The van der Waals surface area contributed by atoms with Crippen LogP contribution in [0, 0.1) is 5.41 Å². The third kappa shape index (κ3) is 7.02. The first-order valence-corrected chi connectivity index (χ1v) is 6.54. The third-order valence-electron chi connectivity index (χ3n) is 3.08. The summed E-state index contributed by atoms with van der Waals surface area (Å²) in [7, 11) is 0. The minimum Gasteiger partial charge on any atom is -0.450 e. The number of alkyl carbamates (subject to hydrolysis) is 1. The number of allylic oxidation sites excluding steroid dienone is 4. The molecule has 0 aliphatic heterocycles. The van der Waals surface area contributed by atoms with Crippen molar-refractivity contribution in [1.29, 1.82) is 0 Å². The summed E-state index contributed by atoms with van der Waals surface area (Å²) >= 11 is 0. The molecule has 1 amide bonds. The number of carbonyl (C=O) groups excluding carboxylic acids is 1. The number of rotatable bonds is 6. The Kier molecular flexibility index (Phi) is 7.26. The van der Waals surface area contributed by atoms with Gasteiger partial charge in [-0.15, -0.1) is 0 Å². The Labute approximate surface area is 123 Å². The minimum atomic E-state index is -4.42. The summed E-state index contributed by atoms with van der Waals surface area (Å²) in [5.74, 6) is 0. The largest absolute Gasteiger partial charge is 0.450 e. The fourth-order valence-corrected chi connectivity index (χ4v) is 1.33. The molecule has 0 radical (unpaired) electrons. The van der Waals surface area contributed by atoms with E-state index in [4.69, 9.17) is 4.74 Å². The van der Waals surface area contributed by atoms with Crippen LogP contribution in [0.3, 0.4) is 0 Å². The number of hydrogen-bond donors (Lipinski definition) is 1. The van der Waals surface area contributed by atoms with Crippen molar-refractivity contribution in [3.05, 3.63) is 36.0 Å². The standard InChI is InChI=1S/C15H22F3NO2/c1-6-12(15(16,17)18)9-8-11(3)14(4,5)10-19-13(20)21-7-2/h6,8-9H,1,7,10H2,2-5H3,(H,19,20)/b11-8+,12-9+. The molecule has 0 aromatic heterocycles. The number of nitrogens with one attached hydrogen (secondary N) is 1. The number of alkyl halides is 3. The average Bonchev–Trinajstić information content (AvgIpc) is 2.35. The Morgan fingerprint density at radius 2 is 1.86 bits per heavy atom. The van der Waals surface area contributed by atoms with E-state index in [0.717, 1.165) is 12.2 Å². The zero-order valence-electron chi connectivity index (χ0n) is 12.8. The van der Waals surface area contributed by atoms with Gasteiger partial charge < -0.3 is 10.1 Å². The SMILES string of the molecule is C=C/C(=C\C=C(/C)C(C)(C)CNC(=O)OCC)C(F)(F)F. The van der Waals surface area contributed by atoms with Gasteiger partial charge in [-0.2, -0.15) is 13.2 Å². The topological polar surface area (TPSA) is 38.3 Å². The molecule has 0 spiro atoms. The second kappa shape index (κ2) is 7.90. The lowest BCUT2D eigenvalue weighted by Gasteiger charge is -2.26. The summed E-state index contributed by atoms with van der Waals surface area (Å²) in [6, 6.07) is 0. The van der Waals surface area contributed by atoms with Gasteiger partial charge in [0.1, 0.15) is 0 Å². The van der Waals surface area contributed by atoms with Crippen LogP contribution in [-0.4, -0.2) is 25.4 Å². The molecule has 0 saturated carbocycles. The van der Waals surface area contributed by atoms with Gasteiger partial charge in [0.05, 0.1) is 12.2 Å². The van der Waals surface area contributed by atoms with E-state index in [-0.39, 0.29) is 13.2 Å². The highest BCUT2D eigenvalue weighted by molar-refractivity contribution is 5.67. The number of carbonyl (C=O) groups is 1. The second-order valence-corrected chi connectivity index (χ2v) is 5.13. The molecular weight excluding hydrogens is 283 g/mol. The van der Waals surface area contributed by atoms with E-state index in [0.29, 0.717) is 5.57 Å². The van der Waals surface area contributed by atoms with Crippen molar-refractivity contribution >= 4 is 6.09 Å². The molecule has 120 valence electrons. The summed E-state index contributed by atoms with van der Waals surface area (Å²) in [4.78, 5) is 11.2. The fourth-order valence-electron chi connectivity index (χ4n) is 1.33. The molecule has 6 heteroatoms. The normalized spacial score (nSPS) is 13.9. The highest BCUT2D eigenvalue weighted by Gasteiger charge is 2.31. The van der Waals surface area contributed by atoms with Gasteiger partial charge in [-0.1, -0.05) is 44.2 Å². The first kappa shape index (κ1) is 19.3. The first-order chi connectivity index (χ1) is 9.54. The maximum atomic E-state index is 12.6. The van der Waals surface area contributed by atoms with E-state index in [1.54, 1.807) is 13.8 Å². The Morgan fingerprint density at radius 3 is 2.29 bits per heavy atom. The van der Waals surface area contributed by atoms with Crippen LogP contribution in [0.5, 0.6) is 0 Å². The second-order valence-electron chi connectivity index (χ2n) is 5.13. The molecule has 0 aliphatic carbocycles. The van der Waals surface area contributed by atoms with Crippen molar-refractivity contribution in [2.75, 3.05) is 13.2 Å². The van der Waals surface area contributed by atoms with Crippen molar-refractivity contribution in [2.24, 2.45) is 5.41 Å². The predicted molar refractivity (Wildman–Crippen MR) is 76.9 cm³/mol. The Morgan fingerprint density at radius 1 is 1.29 bits per heavy atom. The third-order valence-corrected chi connectivity index (χ3v) is 3.08. The van der Waals surface area contributed by atoms with Crippen molar-refractivity contribution in [1.82, 2.24) is 5.32 Å². The van der Waals surface area contributed by atoms with Crippen LogP contribution in [0.2, 0.25) is 0 Å². The number of halogens is 3. The Hall–Kier alpha value is -1.72. The highest BCUT2D eigenvalue weighted by atomic mass is 19.4. The van der Waals surface area contributed by atoms with Crippen LogP contribution in [0.15, 0.2) is 36.0 Å². The van der Waals surface area contributed by atoms with E-state index < -0.39 is 23.3 Å². The van der Waals surface area contributed by atoms with Crippen molar-refractivity contribution in [3.63, 3.8) is 0 Å². The lowest BCUT2D eigenvalue weighted by Crippen LogP contribution is -2.35. The number of hydrogen-bond acceptors (Lipinski definition) is 2. The first-order valence-electron chi connectivity index (χ1n) is 6.54. The fraction of sp³-hybridized carbons (Fsp3) is 0.533. The quantitative estimate of drug-likeness (QED) is 0.740. The zero-order chi connectivity index (χ0) is 16.7. The average molecular weight is 305 g/mol. The van der Waals surface area contributed by atoms with Crippen molar-refractivity contribution in [2.45, 2.75) is 33.9 Å². The maximum Gasteiger partial charge on any atom is 0.416 e. The summed E-state index contributed by atoms with van der Waals surface area (Å²) in [6.45, 7) is 10.7. The molecule has 0 aromatic rings. The predicted octanol–water partition coefficient (Wildman–Crippen LogP) is 4.38. The molecule has 0 unspecified atom stereocenters. The van der Waals surface area contributed by atoms with Gasteiger partial charge in [-0.3, -0.25) is 0 Å². The van der Waals surface area contributed by atoms with E-state index in [1.165, 1.54) is 6.08 Å². The molecule has 0 bridgehead atoms. The molecule has 0 atom stereocenters. The van der Waals surface area contributed by atoms with E-state index in [9.17, 15) is 18.0 Å². The van der Waals surface area contributed by atoms with Gasteiger partial charge in [0.2, 0.25) is 0 Å². The van der Waals surface area contributed by atoms with E-state index in [1.807, 2.05) is 13.8 Å². The summed E-state index contributed by atoms with van der Waals surface area (Å²) in [5.41, 5.74) is -0.611. The van der Waals surface area contributed by atoms with Gasteiger partial charge in [0.15, 0.2) is 0 Å². The van der Waals surface area contributed by atoms with Crippen LogP contribution in [0.1, 0.15) is 27.7 Å². The molecule has 0 rings (SSSR count). The smallest absolute Gasteiger partial charge is 0.416 e. The van der Waals surface area contributed by atoms with Gasteiger partial charge >= 0.3 is 12.3 Å². The molecule has 1 N–H and O–H groups in total. The van der Waals surface area contributed by atoms with Gasteiger partial charge in [0.25, 0.3) is 0 Å². The van der Waals surface area contributed by atoms with E-state index >= 15 is 0 Å². The molecule has 0 aromatic carbocycles. The summed E-state index contributed by atoms with van der Waals surface area (Å²) < 4.78 is 42.4. The van der Waals surface area contributed by atoms with Gasteiger partial charge in [-0.05, 0) is 13.8 Å². The molecule has 0 aliphatic rings. The van der Waals surface area contributed by atoms with E-state index in [2.05, 4.69) is 11.9 Å². The van der Waals surface area contributed by atoms with Crippen molar-refractivity contribution in [3.8, 4) is 0 Å². The molecule has 3 nitrogen and oxygen atoms in total. The molecule has 21 heavy (non-hydrogen) atoms. The van der Waals surface area contributed by atoms with Crippen LogP contribution in [0.4, 0.5) is 18.0 Å². The summed E-state index contributed by atoms with van der Waals surface area (Å²) in [6.07, 6.45) is -1.83. The van der Waals surface area contributed by atoms with Gasteiger partial charge in [0, 0.05) is 12.0 Å².